The minimum absolute atomic E-state index is 0.0276. The maximum absolute atomic E-state index is 12.3. The van der Waals surface area contributed by atoms with Crippen LogP contribution in [-0.2, 0) is 9.59 Å². The summed E-state index contributed by atoms with van der Waals surface area (Å²) >= 11 is 4.44. The molecule has 0 saturated carbocycles. The Bertz CT molecular complexity index is 578. The zero-order valence-corrected chi connectivity index (χ0v) is 15.2. The summed E-state index contributed by atoms with van der Waals surface area (Å²) in [5.41, 5.74) is 0.806. The topological polar surface area (TPSA) is 57.6 Å². The lowest BCUT2D eigenvalue weighted by atomic mass is 10.2. The van der Waals surface area contributed by atoms with Gasteiger partial charge in [-0.25, -0.2) is 4.79 Å². The third kappa shape index (κ3) is 6.03. The second-order valence-electron chi connectivity index (χ2n) is 5.45. The number of thioether (sulfide) groups is 1. The second-order valence-corrected chi connectivity index (χ2v) is 7.38. The van der Waals surface area contributed by atoms with E-state index in [1.54, 1.807) is 6.08 Å². The Kier molecular flexibility index (Phi) is 7.17. The lowest BCUT2D eigenvalue weighted by Gasteiger charge is -2.20. The molecular weight excluding hydrogens is 378 g/mol. The molecule has 1 aromatic carbocycles. The average Bonchev–Trinajstić information content (AvgIpc) is 2.82. The van der Waals surface area contributed by atoms with Gasteiger partial charge in [-0.1, -0.05) is 40.9 Å². The Labute approximate surface area is 149 Å². The number of amides is 1. The summed E-state index contributed by atoms with van der Waals surface area (Å²) in [6.45, 7) is 1.58. The first-order valence-electron chi connectivity index (χ1n) is 7.67. The number of carboxylic acid groups (broad SMARTS) is 1. The number of carbonyl (C=O) groups excluding carboxylic acids is 1. The summed E-state index contributed by atoms with van der Waals surface area (Å²) in [7, 11) is 0. The number of likely N-dealkylation sites (tertiary alicyclic amines) is 1. The van der Waals surface area contributed by atoms with E-state index in [0.29, 0.717) is 0 Å². The molecule has 1 aromatic rings. The molecule has 124 valence electrons. The van der Waals surface area contributed by atoms with E-state index in [1.165, 1.54) is 12.8 Å². The van der Waals surface area contributed by atoms with Gasteiger partial charge in [-0.2, -0.15) is 0 Å². The standard InChI is InChI=1S/C17H20BrNO3S/c18-14-7-5-13(6-8-14)11-15(17(21)22)23-12-16(20)19-9-3-1-2-4-10-19/h5-8,11H,1-4,9-10,12H2,(H,21,22)/b15-11+. The van der Waals surface area contributed by atoms with Gasteiger partial charge in [0.1, 0.15) is 0 Å². The molecule has 2 rings (SSSR count). The van der Waals surface area contributed by atoms with Crippen molar-refractivity contribution in [1.82, 2.24) is 4.90 Å². The number of benzene rings is 1. The van der Waals surface area contributed by atoms with Gasteiger partial charge in [0.2, 0.25) is 5.91 Å². The lowest BCUT2D eigenvalue weighted by Crippen LogP contribution is -2.33. The minimum Gasteiger partial charge on any atom is -0.477 e. The Balaban J connectivity index is 1.97. The van der Waals surface area contributed by atoms with Crippen LogP contribution in [0, 0.1) is 0 Å². The molecule has 1 N–H and O–H groups in total. The minimum atomic E-state index is -0.999. The molecule has 0 aliphatic carbocycles. The van der Waals surface area contributed by atoms with Gasteiger partial charge in [0, 0.05) is 17.6 Å². The maximum atomic E-state index is 12.3. The van der Waals surface area contributed by atoms with Gasteiger partial charge in [0.05, 0.1) is 10.7 Å². The lowest BCUT2D eigenvalue weighted by molar-refractivity contribution is -0.131. The van der Waals surface area contributed by atoms with Crippen molar-refractivity contribution < 1.29 is 14.7 Å². The number of hydrogen-bond acceptors (Lipinski definition) is 3. The van der Waals surface area contributed by atoms with Crippen molar-refractivity contribution in [1.29, 1.82) is 0 Å². The van der Waals surface area contributed by atoms with Crippen LogP contribution in [0.5, 0.6) is 0 Å². The molecule has 0 radical (unpaired) electrons. The number of nitrogens with zero attached hydrogens (tertiary/aromatic N) is 1. The molecule has 4 nitrogen and oxygen atoms in total. The molecule has 6 heteroatoms. The summed E-state index contributed by atoms with van der Waals surface area (Å²) in [6, 6.07) is 7.39. The first-order chi connectivity index (χ1) is 11.1. The van der Waals surface area contributed by atoms with Gasteiger partial charge in [-0.05, 0) is 36.6 Å². The SMILES string of the molecule is O=C(O)/C(=C\c1ccc(Br)cc1)SCC(=O)N1CCCCCC1. The highest BCUT2D eigenvalue weighted by atomic mass is 79.9. The third-order valence-electron chi connectivity index (χ3n) is 3.69. The summed E-state index contributed by atoms with van der Waals surface area (Å²) < 4.78 is 0.940. The van der Waals surface area contributed by atoms with Gasteiger partial charge in [0.25, 0.3) is 0 Å². The van der Waals surface area contributed by atoms with E-state index < -0.39 is 5.97 Å². The average molecular weight is 398 g/mol. The predicted octanol–water partition coefficient (Wildman–Crippen LogP) is 4.01. The van der Waals surface area contributed by atoms with Gasteiger partial charge in [-0.15, -0.1) is 11.8 Å². The molecule has 0 unspecified atom stereocenters. The normalized spacial score (nSPS) is 16.0. The molecule has 23 heavy (non-hydrogen) atoms. The largest absolute Gasteiger partial charge is 0.477 e. The first-order valence-corrected chi connectivity index (χ1v) is 9.45. The van der Waals surface area contributed by atoms with Crippen molar-refractivity contribution >= 4 is 45.6 Å². The summed E-state index contributed by atoms with van der Waals surface area (Å²) in [5, 5.41) is 9.33. The quantitative estimate of drug-likeness (QED) is 0.762. The van der Waals surface area contributed by atoms with Gasteiger partial charge >= 0.3 is 5.97 Å². The molecule has 1 saturated heterocycles. The summed E-state index contributed by atoms with van der Waals surface area (Å²) in [4.78, 5) is 25.7. The molecule has 1 amide bonds. The predicted molar refractivity (Wildman–Crippen MR) is 97.3 cm³/mol. The molecule has 1 heterocycles. The van der Waals surface area contributed by atoms with Crippen LogP contribution < -0.4 is 0 Å². The van der Waals surface area contributed by atoms with Crippen LogP contribution in [0.1, 0.15) is 31.2 Å². The Morgan fingerprint density at radius 3 is 2.30 bits per heavy atom. The van der Waals surface area contributed by atoms with E-state index in [4.69, 9.17) is 0 Å². The fourth-order valence-corrected chi connectivity index (χ4v) is 3.50. The van der Waals surface area contributed by atoms with Crippen LogP contribution >= 0.6 is 27.7 Å². The van der Waals surface area contributed by atoms with Crippen molar-refractivity contribution in [2.45, 2.75) is 25.7 Å². The van der Waals surface area contributed by atoms with Crippen molar-refractivity contribution in [3.63, 3.8) is 0 Å². The van der Waals surface area contributed by atoms with E-state index in [2.05, 4.69) is 15.9 Å². The number of carbonyl (C=O) groups is 2. The molecule has 0 bridgehead atoms. The fourth-order valence-electron chi connectivity index (χ4n) is 2.43. The fraction of sp³-hybridized carbons (Fsp3) is 0.412. The molecule has 1 fully saturated rings. The van der Waals surface area contributed by atoms with Crippen LogP contribution in [-0.4, -0.2) is 40.7 Å². The monoisotopic (exact) mass is 397 g/mol. The molecule has 0 spiro atoms. The maximum Gasteiger partial charge on any atom is 0.342 e. The second kappa shape index (κ2) is 9.13. The van der Waals surface area contributed by atoms with Crippen molar-refractivity contribution in [2.75, 3.05) is 18.8 Å². The number of hydrogen-bond donors (Lipinski definition) is 1. The zero-order valence-electron chi connectivity index (χ0n) is 12.8. The summed E-state index contributed by atoms with van der Waals surface area (Å²) in [5.74, 6) is -0.796. The number of carboxylic acids is 1. The first kappa shape index (κ1) is 18.1. The van der Waals surface area contributed by atoms with E-state index in [1.807, 2.05) is 29.2 Å². The molecular formula is C17H20BrNO3S. The van der Waals surface area contributed by atoms with Crippen molar-refractivity contribution in [2.24, 2.45) is 0 Å². The number of rotatable bonds is 5. The number of aliphatic carboxylic acids is 1. The van der Waals surface area contributed by atoms with E-state index in [-0.39, 0.29) is 16.6 Å². The number of halogens is 1. The molecule has 1 aliphatic rings. The van der Waals surface area contributed by atoms with Crippen LogP contribution in [0.25, 0.3) is 6.08 Å². The van der Waals surface area contributed by atoms with E-state index in [0.717, 1.165) is 47.7 Å². The van der Waals surface area contributed by atoms with Crippen LogP contribution in [0.4, 0.5) is 0 Å². The highest BCUT2D eigenvalue weighted by molar-refractivity contribution is 9.10. The Hall–Kier alpha value is -1.27. The Morgan fingerprint density at radius 2 is 1.74 bits per heavy atom. The Morgan fingerprint density at radius 1 is 1.13 bits per heavy atom. The van der Waals surface area contributed by atoms with E-state index in [9.17, 15) is 14.7 Å². The van der Waals surface area contributed by atoms with Crippen molar-refractivity contribution in [3.05, 3.63) is 39.2 Å². The molecule has 0 atom stereocenters. The molecule has 1 aliphatic heterocycles. The smallest absolute Gasteiger partial charge is 0.342 e. The van der Waals surface area contributed by atoms with Crippen LogP contribution in [0.3, 0.4) is 0 Å². The van der Waals surface area contributed by atoms with E-state index >= 15 is 0 Å². The van der Waals surface area contributed by atoms with Gasteiger partial charge < -0.3 is 10.0 Å². The highest BCUT2D eigenvalue weighted by Crippen LogP contribution is 2.22. The highest BCUT2D eigenvalue weighted by Gasteiger charge is 2.17. The van der Waals surface area contributed by atoms with Crippen LogP contribution in [0.2, 0.25) is 0 Å². The van der Waals surface area contributed by atoms with Crippen molar-refractivity contribution in [3.8, 4) is 0 Å². The van der Waals surface area contributed by atoms with Gasteiger partial charge in [0.15, 0.2) is 0 Å². The third-order valence-corrected chi connectivity index (χ3v) is 5.21. The molecule has 0 aromatic heterocycles. The zero-order chi connectivity index (χ0) is 16.7. The van der Waals surface area contributed by atoms with Gasteiger partial charge in [-0.3, -0.25) is 4.79 Å². The summed E-state index contributed by atoms with van der Waals surface area (Å²) in [6.07, 6.45) is 6.02. The van der Waals surface area contributed by atoms with Crippen LogP contribution in [0.15, 0.2) is 33.6 Å².